The number of nitrogens with zero attached hydrogens (tertiary/aromatic N) is 2. The van der Waals surface area contributed by atoms with Gasteiger partial charge in [-0.05, 0) is 44.4 Å². The molecule has 1 aromatic heterocycles. The summed E-state index contributed by atoms with van der Waals surface area (Å²) in [5, 5.41) is 5.73. The molecule has 1 aliphatic rings. The second-order valence-corrected chi connectivity index (χ2v) is 10.1. The van der Waals surface area contributed by atoms with Crippen LogP contribution in [0.15, 0.2) is 35.7 Å². The monoisotopic (exact) mass is 523 g/mol. The minimum absolute atomic E-state index is 0.109. The number of carbonyl (C=O) groups excluding carboxylic acids is 2. The molecule has 1 fully saturated rings. The molecule has 1 N–H and O–H groups in total. The zero-order valence-electron chi connectivity index (χ0n) is 21.9. The number of amides is 2. The first-order chi connectivity index (χ1) is 17.8. The molecule has 196 valence electrons. The number of piperidine rings is 1. The Kier molecular flexibility index (Phi) is 8.33. The summed E-state index contributed by atoms with van der Waals surface area (Å²) in [5.74, 6) is 1.20. The largest absolute Gasteiger partial charge is 0.493 e. The van der Waals surface area contributed by atoms with Gasteiger partial charge in [-0.3, -0.25) is 9.59 Å². The molecule has 4 rings (SSSR count). The SMILES string of the molecule is COc1ccc(C(=O)N2CCC(c3nc(C(=O)NCc4cc(C)cc(C)c4)cs3)CC2)c(OC)c1OC. The maximum atomic E-state index is 13.3. The highest BCUT2D eigenvalue weighted by atomic mass is 32.1. The molecule has 0 aliphatic carbocycles. The summed E-state index contributed by atoms with van der Waals surface area (Å²) in [5.41, 5.74) is 4.31. The number of likely N-dealkylation sites (tertiary alicyclic amines) is 1. The van der Waals surface area contributed by atoms with E-state index in [1.165, 1.54) is 36.7 Å². The van der Waals surface area contributed by atoms with Gasteiger partial charge in [0.25, 0.3) is 11.8 Å². The van der Waals surface area contributed by atoms with E-state index >= 15 is 0 Å². The van der Waals surface area contributed by atoms with Crippen LogP contribution in [0.4, 0.5) is 0 Å². The second-order valence-electron chi connectivity index (χ2n) is 9.20. The first-order valence-electron chi connectivity index (χ1n) is 12.2. The summed E-state index contributed by atoms with van der Waals surface area (Å²) < 4.78 is 16.2. The highest BCUT2D eigenvalue weighted by Crippen LogP contribution is 2.40. The summed E-state index contributed by atoms with van der Waals surface area (Å²) in [4.78, 5) is 32.4. The van der Waals surface area contributed by atoms with Gasteiger partial charge in [0.05, 0.1) is 31.9 Å². The van der Waals surface area contributed by atoms with Gasteiger partial charge in [-0.25, -0.2) is 4.98 Å². The average Bonchev–Trinajstić information content (AvgIpc) is 3.40. The molecule has 0 radical (unpaired) electrons. The zero-order valence-corrected chi connectivity index (χ0v) is 22.7. The lowest BCUT2D eigenvalue weighted by atomic mass is 9.97. The van der Waals surface area contributed by atoms with Crippen LogP contribution in [-0.4, -0.2) is 56.1 Å². The lowest BCUT2D eigenvalue weighted by molar-refractivity contribution is 0.0708. The van der Waals surface area contributed by atoms with Gasteiger partial charge in [-0.15, -0.1) is 11.3 Å². The number of carbonyl (C=O) groups is 2. The van der Waals surface area contributed by atoms with Crippen molar-refractivity contribution in [3.63, 3.8) is 0 Å². The molecule has 3 aromatic rings. The fraction of sp³-hybridized carbons (Fsp3) is 0.393. The van der Waals surface area contributed by atoms with Crippen molar-refractivity contribution in [3.05, 3.63) is 68.7 Å². The predicted molar refractivity (Wildman–Crippen MR) is 143 cm³/mol. The van der Waals surface area contributed by atoms with E-state index in [0.29, 0.717) is 48.1 Å². The molecule has 0 saturated carbocycles. The fourth-order valence-corrected chi connectivity index (χ4v) is 5.76. The number of methoxy groups -OCH3 is 3. The van der Waals surface area contributed by atoms with Crippen molar-refractivity contribution in [3.8, 4) is 17.2 Å². The number of rotatable bonds is 8. The van der Waals surface area contributed by atoms with Crippen LogP contribution in [0.2, 0.25) is 0 Å². The first kappa shape index (κ1) is 26.5. The Morgan fingerprint density at radius 1 is 1.00 bits per heavy atom. The minimum Gasteiger partial charge on any atom is -0.493 e. The lowest BCUT2D eigenvalue weighted by Gasteiger charge is -2.31. The Bertz CT molecular complexity index is 1260. The van der Waals surface area contributed by atoms with Crippen LogP contribution in [0.25, 0.3) is 0 Å². The van der Waals surface area contributed by atoms with E-state index in [-0.39, 0.29) is 17.7 Å². The Morgan fingerprint density at radius 2 is 1.68 bits per heavy atom. The van der Waals surface area contributed by atoms with Crippen molar-refractivity contribution >= 4 is 23.2 Å². The van der Waals surface area contributed by atoms with Crippen molar-refractivity contribution in [1.29, 1.82) is 0 Å². The number of aromatic nitrogens is 1. The Labute approximate surface area is 221 Å². The second kappa shape index (κ2) is 11.6. The molecular weight excluding hydrogens is 490 g/mol. The highest BCUT2D eigenvalue weighted by molar-refractivity contribution is 7.09. The fourth-order valence-electron chi connectivity index (χ4n) is 4.79. The van der Waals surface area contributed by atoms with Gasteiger partial charge >= 0.3 is 0 Å². The topological polar surface area (TPSA) is 90.0 Å². The van der Waals surface area contributed by atoms with Crippen LogP contribution in [0.5, 0.6) is 17.2 Å². The van der Waals surface area contributed by atoms with E-state index < -0.39 is 0 Å². The molecule has 0 atom stereocenters. The van der Waals surface area contributed by atoms with E-state index in [0.717, 1.165) is 23.4 Å². The van der Waals surface area contributed by atoms with Gasteiger partial charge < -0.3 is 24.4 Å². The average molecular weight is 524 g/mol. The quantitative estimate of drug-likeness (QED) is 0.459. The van der Waals surface area contributed by atoms with E-state index in [2.05, 4.69) is 28.5 Å². The smallest absolute Gasteiger partial charge is 0.271 e. The maximum Gasteiger partial charge on any atom is 0.271 e. The number of benzene rings is 2. The van der Waals surface area contributed by atoms with E-state index in [9.17, 15) is 9.59 Å². The van der Waals surface area contributed by atoms with Gasteiger partial charge in [-0.1, -0.05) is 29.3 Å². The summed E-state index contributed by atoms with van der Waals surface area (Å²) in [6.07, 6.45) is 1.55. The van der Waals surface area contributed by atoms with Crippen LogP contribution < -0.4 is 19.5 Å². The molecule has 2 heterocycles. The van der Waals surface area contributed by atoms with Gasteiger partial charge in [0, 0.05) is 30.9 Å². The third kappa shape index (κ3) is 5.88. The predicted octanol–water partition coefficient (Wildman–Crippen LogP) is 4.74. The van der Waals surface area contributed by atoms with Crippen molar-refractivity contribution in [2.24, 2.45) is 0 Å². The van der Waals surface area contributed by atoms with Crippen LogP contribution in [0.3, 0.4) is 0 Å². The molecule has 2 amide bonds. The molecule has 0 spiro atoms. The van der Waals surface area contributed by atoms with E-state index in [4.69, 9.17) is 14.2 Å². The molecule has 1 aliphatic heterocycles. The molecular formula is C28H33N3O5S. The van der Waals surface area contributed by atoms with Gasteiger partial charge in [0.2, 0.25) is 5.75 Å². The Balaban J connectivity index is 1.36. The number of hydrogen-bond donors (Lipinski definition) is 1. The van der Waals surface area contributed by atoms with Crippen molar-refractivity contribution in [2.45, 2.75) is 39.2 Å². The van der Waals surface area contributed by atoms with E-state index in [1.54, 1.807) is 19.2 Å². The summed E-state index contributed by atoms with van der Waals surface area (Å²) in [6.45, 7) is 5.75. The number of thiazole rings is 1. The third-order valence-electron chi connectivity index (χ3n) is 6.56. The summed E-state index contributed by atoms with van der Waals surface area (Å²) in [7, 11) is 4.58. The zero-order chi connectivity index (χ0) is 26.5. The highest BCUT2D eigenvalue weighted by Gasteiger charge is 2.30. The summed E-state index contributed by atoms with van der Waals surface area (Å²) in [6, 6.07) is 9.68. The van der Waals surface area contributed by atoms with Crippen molar-refractivity contribution in [1.82, 2.24) is 15.2 Å². The first-order valence-corrected chi connectivity index (χ1v) is 13.1. The maximum absolute atomic E-state index is 13.3. The molecule has 0 unspecified atom stereocenters. The number of ether oxygens (including phenoxy) is 3. The summed E-state index contributed by atoms with van der Waals surface area (Å²) >= 11 is 1.51. The van der Waals surface area contributed by atoms with Crippen LogP contribution in [-0.2, 0) is 6.54 Å². The number of hydrogen-bond acceptors (Lipinski definition) is 7. The molecule has 9 heteroatoms. The van der Waals surface area contributed by atoms with Crippen LogP contribution in [0.1, 0.15) is 61.3 Å². The third-order valence-corrected chi connectivity index (χ3v) is 7.56. The molecule has 8 nitrogen and oxygen atoms in total. The number of nitrogens with one attached hydrogen (secondary N) is 1. The van der Waals surface area contributed by atoms with Crippen molar-refractivity contribution in [2.75, 3.05) is 34.4 Å². The van der Waals surface area contributed by atoms with Crippen LogP contribution in [0, 0.1) is 13.8 Å². The van der Waals surface area contributed by atoms with Gasteiger partial charge in [0.15, 0.2) is 11.5 Å². The van der Waals surface area contributed by atoms with Gasteiger partial charge in [-0.2, -0.15) is 0 Å². The molecule has 0 bridgehead atoms. The molecule has 2 aromatic carbocycles. The number of aryl methyl sites for hydroxylation is 2. The van der Waals surface area contributed by atoms with Crippen LogP contribution >= 0.6 is 11.3 Å². The van der Waals surface area contributed by atoms with E-state index in [1.807, 2.05) is 24.1 Å². The molecule has 37 heavy (non-hydrogen) atoms. The standard InChI is InChI=1S/C28H33N3O5S/c1-17-12-18(2)14-19(13-17)15-29-26(32)22-16-37-27(30-22)20-8-10-31(11-9-20)28(33)21-6-7-23(34-3)25(36-5)24(21)35-4/h6-7,12-14,16,20H,8-11,15H2,1-5H3,(H,29,32). The van der Waals surface area contributed by atoms with Crippen molar-refractivity contribution < 1.29 is 23.8 Å². The Hall–Kier alpha value is -3.59. The Morgan fingerprint density at radius 3 is 2.30 bits per heavy atom. The molecule has 1 saturated heterocycles. The lowest BCUT2D eigenvalue weighted by Crippen LogP contribution is -2.38. The minimum atomic E-state index is -0.171. The normalized spacial score (nSPS) is 13.8. The van der Waals surface area contributed by atoms with Gasteiger partial charge in [0.1, 0.15) is 5.69 Å².